The van der Waals surface area contributed by atoms with Crippen LogP contribution in [0.3, 0.4) is 0 Å². The lowest BCUT2D eigenvalue weighted by Crippen LogP contribution is -2.33. The third-order valence-electron chi connectivity index (χ3n) is 4.23. The van der Waals surface area contributed by atoms with Crippen molar-refractivity contribution < 1.29 is 20.1 Å². The Balaban J connectivity index is 1.96. The molecule has 0 aliphatic carbocycles. The molecule has 0 unspecified atom stereocenters. The highest BCUT2D eigenvalue weighted by Crippen LogP contribution is 2.25. The molecule has 0 radical (unpaired) electrons. The van der Waals surface area contributed by atoms with E-state index in [2.05, 4.69) is 6.92 Å². The van der Waals surface area contributed by atoms with Crippen LogP contribution in [-0.2, 0) is 4.74 Å². The molecule has 1 heterocycles. The Labute approximate surface area is 123 Å². The molecular formula is C16H32O4. The van der Waals surface area contributed by atoms with Gasteiger partial charge in [-0.15, -0.1) is 0 Å². The van der Waals surface area contributed by atoms with Gasteiger partial charge in [-0.1, -0.05) is 64.7 Å². The van der Waals surface area contributed by atoms with E-state index in [1.807, 2.05) is 0 Å². The fraction of sp³-hybridized carbons (Fsp3) is 1.00. The minimum atomic E-state index is -0.941. The summed E-state index contributed by atoms with van der Waals surface area (Å²) in [6.45, 7) is 2.00. The molecule has 4 heteroatoms. The van der Waals surface area contributed by atoms with Crippen molar-refractivity contribution in [2.45, 2.75) is 95.5 Å². The van der Waals surface area contributed by atoms with Gasteiger partial charge in [-0.2, -0.15) is 0 Å². The van der Waals surface area contributed by atoms with Crippen LogP contribution in [0.2, 0.25) is 0 Å². The van der Waals surface area contributed by atoms with E-state index < -0.39 is 18.3 Å². The number of rotatable bonds is 11. The van der Waals surface area contributed by atoms with Crippen molar-refractivity contribution in [2.75, 3.05) is 6.61 Å². The Bertz CT molecular complexity index is 235. The van der Waals surface area contributed by atoms with Gasteiger partial charge in [0.05, 0.1) is 12.7 Å². The van der Waals surface area contributed by atoms with Crippen LogP contribution in [0.15, 0.2) is 0 Å². The molecule has 1 aliphatic rings. The van der Waals surface area contributed by atoms with E-state index in [4.69, 9.17) is 9.84 Å². The van der Waals surface area contributed by atoms with Gasteiger partial charge in [-0.05, 0) is 6.42 Å². The van der Waals surface area contributed by atoms with Gasteiger partial charge in [-0.3, -0.25) is 0 Å². The first kappa shape index (κ1) is 17.9. The largest absolute Gasteiger partial charge is 0.394 e. The van der Waals surface area contributed by atoms with Crippen LogP contribution in [0.4, 0.5) is 0 Å². The zero-order chi connectivity index (χ0) is 14.8. The van der Waals surface area contributed by atoms with E-state index in [0.717, 1.165) is 19.3 Å². The summed E-state index contributed by atoms with van der Waals surface area (Å²) < 4.78 is 5.46. The second kappa shape index (κ2) is 10.6. The number of ether oxygens (including phenoxy) is 1. The molecule has 1 aliphatic heterocycles. The summed E-state index contributed by atoms with van der Waals surface area (Å²) in [6, 6.07) is 0. The third-order valence-corrected chi connectivity index (χ3v) is 4.23. The predicted octanol–water partition coefficient (Wildman–Crippen LogP) is 2.39. The average Bonchev–Trinajstić information content (AvgIpc) is 2.73. The van der Waals surface area contributed by atoms with Crippen LogP contribution in [0.1, 0.15) is 71.1 Å². The van der Waals surface area contributed by atoms with Gasteiger partial charge in [-0.25, -0.2) is 0 Å². The molecule has 0 bridgehead atoms. The summed E-state index contributed by atoms with van der Waals surface area (Å²) >= 11 is 0. The van der Waals surface area contributed by atoms with Crippen molar-refractivity contribution in [3.05, 3.63) is 0 Å². The van der Waals surface area contributed by atoms with Crippen LogP contribution in [0.25, 0.3) is 0 Å². The van der Waals surface area contributed by atoms with Gasteiger partial charge >= 0.3 is 0 Å². The molecule has 20 heavy (non-hydrogen) atoms. The molecule has 0 aromatic carbocycles. The van der Waals surface area contributed by atoms with E-state index in [0.29, 0.717) is 0 Å². The highest BCUT2D eigenvalue weighted by atomic mass is 16.6. The molecule has 0 saturated carbocycles. The summed E-state index contributed by atoms with van der Waals surface area (Å²) in [7, 11) is 0. The van der Waals surface area contributed by atoms with Gasteiger partial charge in [0.25, 0.3) is 0 Å². The summed E-state index contributed by atoms with van der Waals surface area (Å²) in [5, 5.41) is 28.4. The molecular weight excluding hydrogens is 256 g/mol. The van der Waals surface area contributed by atoms with Crippen molar-refractivity contribution in [3.63, 3.8) is 0 Å². The summed E-state index contributed by atoms with van der Waals surface area (Å²) in [5.41, 5.74) is 0. The second-order valence-electron chi connectivity index (χ2n) is 5.99. The molecule has 0 aromatic heterocycles. The lowest BCUT2D eigenvalue weighted by atomic mass is 10.0. The maximum Gasteiger partial charge on any atom is 0.111 e. The normalized spacial score (nSPS) is 30.0. The molecule has 1 fully saturated rings. The van der Waals surface area contributed by atoms with Gasteiger partial charge < -0.3 is 20.1 Å². The molecule has 0 aromatic rings. The summed E-state index contributed by atoms with van der Waals surface area (Å²) in [5.74, 6) is 0. The fourth-order valence-corrected chi connectivity index (χ4v) is 2.87. The average molecular weight is 288 g/mol. The first-order chi connectivity index (χ1) is 9.70. The number of aliphatic hydroxyl groups excluding tert-OH is 3. The van der Waals surface area contributed by atoms with Crippen molar-refractivity contribution in [1.82, 2.24) is 0 Å². The predicted molar refractivity (Wildman–Crippen MR) is 79.6 cm³/mol. The van der Waals surface area contributed by atoms with Crippen LogP contribution in [0, 0.1) is 0 Å². The van der Waals surface area contributed by atoms with E-state index in [-0.39, 0.29) is 12.7 Å². The topological polar surface area (TPSA) is 69.9 Å². The van der Waals surface area contributed by atoms with E-state index in [9.17, 15) is 10.2 Å². The van der Waals surface area contributed by atoms with E-state index in [1.54, 1.807) is 0 Å². The Morgan fingerprint density at radius 1 is 0.750 bits per heavy atom. The van der Waals surface area contributed by atoms with Crippen LogP contribution in [0.5, 0.6) is 0 Å². The quantitative estimate of drug-likeness (QED) is 0.511. The third kappa shape index (κ3) is 6.08. The van der Waals surface area contributed by atoms with Crippen molar-refractivity contribution in [2.24, 2.45) is 0 Å². The highest BCUT2D eigenvalue weighted by Gasteiger charge is 2.41. The maximum absolute atomic E-state index is 9.80. The van der Waals surface area contributed by atoms with Crippen LogP contribution in [-0.4, -0.2) is 46.3 Å². The van der Waals surface area contributed by atoms with E-state index >= 15 is 0 Å². The van der Waals surface area contributed by atoms with Gasteiger partial charge in [0, 0.05) is 0 Å². The number of hydrogen-bond donors (Lipinski definition) is 3. The van der Waals surface area contributed by atoms with Crippen molar-refractivity contribution in [1.29, 1.82) is 0 Å². The number of hydrogen-bond acceptors (Lipinski definition) is 4. The van der Waals surface area contributed by atoms with Crippen LogP contribution >= 0.6 is 0 Å². The minimum absolute atomic E-state index is 0.230. The summed E-state index contributed by atoms with van der Waals surface area (Å²) in [4.78, 5) is 0. The summed E-state index contributed by atoms with van der Waals surface area (Å²) in [6.07, 6.45) is 9.43. The molecule has 4 atom stereocenters. The minimum Gasteiger partial charge on any atom is -0.394 e. The molecule has 0 spiro atoms. The number of aliphatic hydroxyl groups is 3. The SMILES string of the molecule is CCCCCCCCCCC[C@@H]1O[C@@H](CO)[C@@H](O)[C@@H]1O. The molecule has 1 saturated heterocycles. The fourth-order valence-electron chi connectivity index (χ4n) is 2.87. The monoisotopic (exact) mass is 288 g/mol. The van der Waals surface area contributed by atoms with Crippen molar-refractivity contribution >= 4 is 0 Å². The lowest BCUT2D eigenvalue weighted by molar-refractivity contribution is -0.0246. The molecule has 0 amide bonds. The molecule has 1 rings (SSSR count). The zero-order valence-corrected chi connectivity index (χ0v) is 12.8. The Morgan fingerprint density at radius 3 is 1.75 bits per heavy atom. The van der Waals surface area contributed by atoms with E-state index in [1.165, 1.54) is 44.9 Å². The van der Waals surface area contributed by atoms with Gasteiger partial charge in [0.2, 0.25) is 0 Å². The lowest BCUT2D eigenvalue weighted by Gasteiger charge is -2.14. The standard InChI is InChI=1S/C16H32O4/c1-2-3-4-5-6-7-8-9-10-11-13-15(18)16(19)14(12-17)20-13/h13-19H,2-12H2,1H3/t13-,14-,15+,16+/m0/s1. The second-order valence-corrected chi connectivity index (χ2v) is 5.99. The molecule has 4 nitrogen and oxygen atoms in total. The molecule has 3 N–H and O–H groups in total. The highest BCUT2D eigenvalue weighted by molar-refractivity contribution is 4.89. The Kier molecular flexibility index (Phi) is 9.44. The smallest absolute Gasteiger partial charge is 0.111 e. The van der Waals surface area contributed by atoms with Gasteiger partial charge in [0.15, 0.2) is 0 Å². The first-order valence-electron chi connectivity index (χ1n) is 8.33. The van der Waals surface area contributed by atoms with Crippen LogP contribution < -0.4 is 0 Å². The van der Waals surface area contributed by atoms with Gasteiger partial charge in [0.1, 0.15) is 18.3 Å². The molecule has 120 valence electrons. The first-order valence-corrected chi connectivity index (χ1v) is 8.33. The zero-order valence-electron chi connectivity index (χ0n) is 12.8. The Morgan fingerprint density at radius 2 is 1.25 bits per heavy atom. The number of unbranched alkanes of at least 4 members (excludes halogenated alkanes) is 8. The van der Waals surface area contributed by atoms with Crippen molar-refractivity contribution in [3.8, 4) is 0 Å². The Hall–Kier alpha value is -0.160. The maximum atomic E-state index is 9.80.